The predicted octanol–water partition coefficient (Wildman–Crippen LogP) is 17.6. The van der Waals surface area contributed by atoms with Crippen LogP contribution in [0.25, 0.3) is 64.6 Å². The second-order valence-corrected chi connectivity index (χ2v) is 26.4. The molecule has 0 spiro atoms. The molecule has 0 radical (unpaired) electrons. The molecule has 8 fully saturated rings. The zero-order chi connectivity index (χ0) is 53.8. The van der Waals surface area contributed by atoms with Gasteiger partial charge in [0.05, 0.1) is 35.2 Å². The SMILES string of the molecule is CCC(C)C(=O)OC1C2CC3CC1CC(C2)C3OC(C)(C)c1ccc2c(ccc3c4ccccc4ccc23)c1.CCC(C)C(=O)OC1C2CC3CC1CC(C2)C3OC(C)(C)c1ccc2cc3cc4ccccc4cc3cc2c1. The first kappa shape index (κ1) is 51.6. The number of hydrogen-bond donors (Lipinski definition) is 0. The number of carbonyl (C=O) groups excluding carboxylic acids is 2. The van der Waals surface area contributed by atoms with E-state index >= 15 is 0 Å². The minimum Gasteiger partial charge on any atom is -0.462 e. The van der Waals surface area contributed by atoms with E-state index in [0.717, 1.165) is 64.2 Å². The Morgan fingerprint density at radius 1 is 0.385 bits per heavy atom. The normalized spacial score (nSPS) is 28.8. The van der Waals surface area contributed by atoms with Crippen LogP contribution < -0.4 is 0 Å². The Morgan fingerprint density at radius 3 is 1.17 bits per heavy atom. The van der Waals surface area contributed by atoms with E-state index in [1.807, 2.05) is 13.8 Å². The molecule has 404 valence electrons. The standard InChI is InChI=1S/2C36H40O3/c1-5-21(2)35(37)38-33-24-16-26-18-25(33)19-27(17-24)34(26)39-36(3,4)28-12-15-30-23(20-28)11-14-31-29-9-7-6-8-22(29)10-13-32(30)31;1-5-21(2)35(37)38-33-28-16-30-18-29(33)19-31(17-28)34(30)39-36(3,4)32-11-10-24-14-25-12-22-8-6-7-9-23(22)13-26(25)15-27(24)20-32/h6-15,20-21,24-27,33-34H,5,16-19H2,1-4H3;6-15,20-21,28-31,33-34H,5,16-19H2,1-4H3. The molecule has 8 bridgehead atoms. The van der Waals surface area contributed by atoms with Gasteiger partial charge in [0.15, 0.2) is 0 Å². The molecular weight excluding hydrogens is 961 g/mol. The van der Waals surface area contributed by atoms with Crippen LogP contribution in [0.3, 0.4) is 0 Å². The number of hydrogen-bond acceptors (Lipinski definition) is 6. The fourth-order valence-corrected chi connectivity index (χ4v) is 16.3. The minimum atomic E-state index is -0.366. The molecule has 6 heteroatoms. The van der Waals surface area contributed by atoms with Crippen molar-refractivity contribution in [3.8, 4) is 0 Å². The highest BCUT2D eigenvalue weighted by Crippen LogP contribution is 2.58. The summed E-state index contributed by atoms with van der Waals surface area (Å²) >= 11 is 0. The third-order valence-corrected chi connectivity index (χ3v) is 20.7. The Labute approximate surface area is 461 Å². The number of esters is 2. The molecule has 0 aromatic heterocycles. The van der Waals surface area contributed by atoms with E-state index in [0.29, 0.717) is 47.3 Å². The van der Waals surface area contributed by atoms with Crippen LogP contribution in [0.15, 0.2) is 133 Å². The second-order valence-electron chi connectivity index (χ2n) is 26.4. The second kappa shape index (κ2) is 20.1. The largest absolute Gasteiger partial charge is 0.462 e. The zero-order valence-corrected chi connectivity index (χ0v) is 47.3. The fraction of sp³-hybridized carbons (Fsp3) is 0.472. The van der Waals surface area contributed by atoms with E-state index < -0.39 is 0 Å². The number of rotatable bonds is 12. The lowest BCUT2D eigenvalue weighted by Crippen LogP contribution is -2.57. The molecule has 8 aromatic carbocycles. The Kier molecular flexibility index (Phi) is 13.3. The summed E-state index contributed by atoms with van der Waals surface area (Å²) in [6, 6.07) is 49.3. The number of fused-ring (bicyclic) bond motifs is 8. The van der Waals surface area contributed by atoms with Crippen LogP contribution in [0.4, 0.5) is 0 Å². The zero-order valence-electron chi connectivity index (χ0n) is 47.3. The highest BCUT2D eigenvalue weighted by atomic mass is 16.6. The summed E-state index contributed by atoms with van der Waals surface area (Å²) in [4.78, 5) is 25.1. The molecule has 78 heavy (non-hydrogen) atoms. The van der Waals surface area contributed by atoms with Crippen LogP contribution in [-0.2, 0) is 39.7 Å². The maximum Gasteiger partial charge on any atom is 0.308 e. The molecular formula is C72H80O6. The molecule has 16 rings (SSSR count). The van der Waals surface area contributed by atoms with Gasteiger partial charge in [0.1, 0.15) is 12.2 Å². The van der Waals surface area contributed by atoms with Gasteiger partial charge in [-0.3, -0.25) is 9.59 Å². The average molecular weight is 1040 g/mol. The van der Waals surface area contributed by atoms with Crippen molar-refractivity contribution in [1.29, 1.82) is 0 Å². The van der Waals surface area contributed by atoms with Gasteiger partial charge in [-0.05, 0) is 251 Å². The Hall–Kier alpha value is -5.82. The molecule has 8 aromatic rings. The first-order valence-corrected chi connectivity index (χ1v) is 30.1. The summed E-state index contributed by atoms with van der Waals surface area (Å²) in [5.74, 6) is 4.32. The number of carbonyl (C=O) groups is 2. The molecule has 0 heterocycles. The fourth-order valence-electron chi connectivity index (χ4n) is 16.3. The third kappa shape index (κ3) is 9.29. The maximum absolute atomic E-state index is 12.6. The Balaban J connectivity index is 0.000000148. The van der Waals surface area contributed by atoms with Crippen molar-refractivity contribution >= 4 is 76.6 Å². The lowest BCUT2D eigenvalue weighted by Gasteiger charge is -2.58. The van der Waals surface area contributed by atoms with Crippen molar-refractivity contribution in [2.75, 3.05) is 0 Å². The summed E-state index contributed by atoms with van der Waals surface area (Å²) in [5.41, 5.74) is 1.75. The smallest absolute Gasteiger partial charge is 0.308 e. The van der Waals surface area contributed by atoms with Gasteiger partial charge >= 0.3 is 11.9 Å². The lowest BCUT2D eigenvalue weighted by molar-refractivity contribution is -0.218. The highest BCUT2D eigenvalue weighted by molar-refractivity contribution is 6.17. The van der Waals surface area contributed by atoms with Gasteiger partial charge in [-0.1, -0.05) is 125 Å². The van der Waals surface area contributed by atoms with Gasteiger partial charge in [0.25, 0.3) is 0 Å². The average Bonchev–Trinajstić information content (AvgIpc) is 3.50. The molecule has 8 aliphatic carbocycles. The van der Waals surface area contributed by atoms with E-state index in [4.69, 9.17) is 18.9 Å². The van der Waals surface area contributed by atoms with E-state index in [9.17, 15) is 9.59 Å². The highest BCUT2D eigenvalue weighted by Gasteiger charge is 2.57. The Morgan fingerprint density at radius 2 is 0.705 bits per heavy atom. The number of benzene rings is 8. The molecule has 2 unspecified atom stereocenters. The van der Waals surface area contributed by atoms with Gasteiger partial charge in [-0.2, -0.15) is 0 Å². The first-order valence-electron chi connectivity index (χ1n) is 30.1. The molecule has 0 aliphatic heterocycles. The molecule has 6 nitrogen and oxygen atoms in total. The van der Waals surface area contributed by atoms with Gasteiger partial charge in [-0.25, -0.2) is 0 Å². The summed E-state index contributed by atoms with van der Waals surface area (Å²) in [7, 11) is 0. The predicted molar refractivity (Wildman–Crippen MR) is 317 cm³/mol. The van der Waals surface area contributed by atoms with E-state index in [-0.39, 0.29) is 59.4 Å². The van der Waals surface area contributed by atoms with Crippen LogP contribution in [0, 0.1) is 59.2 Å². The van der Waals surface area contributed by atoms with Crippen molar-refractivity contribution in [2.24, 2.45) is 59.2 Å². The van der Waals surface area contributed by atoms with Crippen molar-refractivity contribution in [1.82, 2.24) is 0 Å². The van der Waals surface area contributed by atoms with Gasteiger partial charge in [-0.15, -0.1) is 0 Å². The van der Waals surface area contributed by atoms with Crippen molar-refractivity contribution < 1.29 is 28.5 Å². The van der Waals surface area contributed by atoms with E-state index in [2.05, 4.69) is 175 Å². The third-order valence-electron chi connectivity index (χ3n) is 20.7. The van der Waals surface area contributed by atoms with Crippen LogP contribution >= 0.6 is 0 Å². The number of ether oxygens (including phenoxy) is 4. The van der Waals surface area contributed by atoms with Crippen molar-refractivity contribution in [2.45, 2.75) is 155 Å². The van der Waals surface area contributed by atoms with Crippen LogP contribution in [0.5, 0.6) is 0 Å². The minimum absolute atomic E-state index is 0.00109. The lowest BCUT2D eigenvalue weighted by atomic mass is 9.53. The quantitative estimate of drug-likeness (QED) is 0.0690. The summed E-state index contributed by atoms with van der Waals surface area (Å²) in [6.45, 7) is 17.1. The van der Waals surface area contributed by atoms with Crippen molar-refractivity contribution in [3.05, 3.63) is 145 Å². The monoisotopic (exact) mass is 1040 g/mol. The van der Waals surface area contributed by atoms with Gasteiger partial charge < -0.3 is 18.9 Å². The van der Waals surface area contributed by atoms with Gasteiger partial charge in [0, 0.05) is 0 Å². The molecule has 0 saturated heterocycles. The van der Waals surface area contributed by atoms with E-state index in [1.165, 1.54) is 75.8 Å². The summed E-state index contributed by atoms with van der Waals surface area (Å²) < 4.78 is 26.3. The summed E-state index contributed by atoms with van der Waals surface area (Å²) in [5, 5.41) is 15.4. The van der Waals surface area contributed by atoms with Crippen LogP contribution in [0.2, 0.25) is 0 Å². The Bertz CT molecular complexity index is 3450. The molecule has 0 N–H and O–H groups in total. The topological polar surface area (TPSA) is 71.1 Å². The molecule has 8 aliphatic rings. The van der Waals surface area contributed by atoms with Crippen LogP contribution in [-0.4, -0.2) is 36.4 Å². The summed E-state index contributed by atoms with van der Waals surface area (Å²) in [6.07, 6.45) is 11.6. The van der Waals surface area contributed by atoms with Crippen LogP contribution in [0.1, 0.15) is 131 Å². The molecule has 8 saturated carbocycles. The van der Waals surface area contributed by atoms with Crippen molar-refractivity contribution in [3.63, 3.8) is 0 Å². The molecule has 0 amide bonds. The van der Waals surface area contributed by atoms with E-state index in [1.54, 1.807) is 0 Å². The molecule has 2 atom stereocenters. The van der Waals surface area contributed by atoms with Gasteiger partial charge in [0.2, 0.25) is 0 Å². The first-order chi connectivity index (χ1) is 37.6. The maximum atomic E-state index is 12.6.